The van der Waals surface area contributed by atoms with Gasteiger partial charge in [0.1, 0.15) is 5.41 Å². The second kappa shape index (κ2) is 7.58. The molecule has 2 aliphatic heterocycles. The van der Waals surface area contributed by atoms with Gasteiger partial charge in [-0.25, -0.2) is 4.79 Å². The van der Waals surface area contributed by atoms with Crippen LogP contribution in [0.2, 0.25) is 0 Å². The molecule has 0 spiro atoms. The van der Waals surface area contributed by atoms with E-state index >= 15 is 0 Å². The second-order valence-electron chi connectivity index (χ2n) is 12.5. The highest BCUT2D eigenvalue weighted by molar-refractivity contribution is 5.96. The highest BCUT2D eigenvalue weighted by Crippen LogP contribution is 2.58. The van der Waals surface area contributed by atoms with Gasteiger partial charge >= 0.3 is 11.9 Å². The summed E-state index contributed by atoms with van der Waals surface area (Å²) < 4.78 is 0. The summed E-state index contributed by atoms with van der Waals surface area (Å²) in [5.74, 6) is -2.89. The van der Waals surface area contributed by atoms with Crippen LogP contribution in [0.15, 0.2) is 12.2 Å². The van der Waals surface area contributed by atoms with Crippen LogP contribution in [-0.2, 0) is 9.59 Å². The fourth-order valence-electron chi connectivity index (χ4n) is 6.87. The van der Waals surface area contributed by atoms with Gasteiger partial charge in [-0.1, -0.05) is 6.58 Å². The molecule has 0 aliphatic carbocycles. The molecule has 2 aliphatic rings. The van der Waals surface area contributed by atoms with E-state index in [0.29, 0.717) is 25.7 Å². The number of hydrogen-bond acceptors (Lipinski definition) is 4. The Morgan fingerprint density at radius 3 is 1.19 bits per heavy atom. The fraction of sp³-hybridized carbons (Fsp3) is 0.840. The molecule has 0 amide bonds. The molecule has 2 saturated heterocycles. The highest BCUT2D eigenvalue weighted by Gasteiger charge is 2.63. The number of aliphatic carboxylic acids is 2. The third-order valence-corrected chi connectivity index (χ3v) is 9.01. The van der Waals surface area contributed by atoms with E-state index in [1.807, 2.05) is 0 Å². The lowest BCUT2D eigenvalue weighted by Gasteiger charge is -2.61. The molecule has 0 bridgehead atoms. The van der Waals surface area contributed by atoms with Crippen molar-refractivity contribution in [2.45, 2.75) is 103 Å². The molecule has 2 rings (SSSR count). The fourth-order valence-corrected chi connectivity index (χ4v) is 6.87. The van der Waals surface area contributed by atoms with Crippen molar-refractivity contribution in [2.24, 2.45) is 17.3 Å². The number of piperidine rings is 2. The molecule has 0 aromatic carbocycles. The summed E-state index contributed by atoms with van der Waals surface area (Å²) in [6, 6.07) is 0. The topological polar surface area (TPSA) is 81.1 Å². The normalized spacial score (nSPS) is 27.0. The first kappa shape index (κ1) is 25.9. The molecule has 6 nitrogen and oxygen atoms in total. The quantitative estimate of drug-likeness (QED) is 0.618. The Morgan fingerprint density at radius 1 is 0.742 bits per heavy atom. The van der Waals surface area contributed by atoms with Gasteiger partial charge in [0.15, 0.2) is 0 Å². The van der Waals surface area contributed by atoms with E-state index < -0.39 is 17.4 Å². The minimum absolute atomic E-state index is 0.165. The van der Waals surface area contributed by atoms with Gasteiger partial charge < -0.3 is 10.2 Å². The van der Waals surface area contributed by atoms with E-state index in [1.165, 1.54) is 0 Å². The lowest BCUT2D eigenvalue weighted by atomic mass is 9.51. The number of rotatable bonds is 5. The Bertz CT molecular complexity index is 687. The van der Waals surface area contributed by atoms with Crippen LogP contribution in [0.5, 0.6) is 0 Å². The van der Waals surface area contributed by atoms with Crippen LogP contribution in [0.4, 0.5) is 0 Å². The highest BCUT2D eigenvalue weighted by atomic mass is 16.4. The van der Waals surface area contributed by atoms with Gasteiger partial charge in [0.05, 0.1) is 0 Å². The first-order chi connectivity index (χ1) is 13.7. The first-order valence-electron chi connectivity index (χ1n) is 11.4. The van der Waals surface area contributed by atoms with Crippen LogP contribution >= 0.6 is 0 Å². The van der Waals surface area contributed by atoms with Crippen molar-refractivity contribution < 1.29 is 19.8 Å². The van der Waals surface area contributed by atoms with Crippen LogP contribution in [0.1, 0.15) is 81.1 Å². The number of nitrogens with zero attached hydrogens (tertiary/aromatic N) is 2. The maximum absolute atomic E-state index is 13.2. The summed E-state index contributed by atoms with van der Waals surface area (Å²) in [7, 11) is 4.15. The number of carboxylic acids is 2. The molecule has 0 unspecified atom stereocenters. The van der Waals surface area contributed by atoms with Crippen molar-refractivity contribution in [3.63, 3.8) is 0 Å². The molecule has 2 N–H and O–H groups in total. The molecule has 31 heavy (non-hydrogen) atoms. The van der Waals surface area contributed by atoms with E-state index in [9.17, 15) is 19.8 Å². The molecule has 0 aromatic heterocycles. The standard InChI is InChI=1S/C25H44N2O4/c1-16(19(28)29)25(20(30)31,17-12-21(2,3)26(10)22(4,5)13-17)18-14-23(6,7)27(11)24(8,9)15-18/h17-18H,1,12-15H2,2-11H3,(H,28,29)(H,30,31). The van der Waals surface area contributed by atoms with Crippen molar-refractivity contribution in [1.82, 2.24) is 9.80 Å². The van der Waals surface area contributed by atoms with Crippen LogP contribution in [-0.4, -0.2) is 68.2 Å². The molecule has 178 valence electrons. The van der Waals surface area contributed by atoms with E-state index in [0.717, 1.165) is 0 Å². The third kappa shape index (κ3) is 4.06. The van der Waals surface area contributed by atoms with Crippen molar-refractivity contribution in [1.29, 1.82) is 0 Å². The molecule has 2 heterocycles. The monoisotopic (exact) mass is 436 g/mol. The lowest BCUT2D eigenvalue weighted by Crippen LogP contribution is -2.66. The average molecular weight is 437 g/mol. The minimum Gasteiger partial charge on any atom is -0.481 e. The summed E-state index contributed by atoms with van der Waals surface area (Å²) in [6.45, 7) is 20.9. The third-order valence-electron chi connectivity index (χ3n) is 9.01. The predicted octanol–water partition coefficient (Wildman–Crippen LogP) is 4.50. The molecular formula is C25H44N2O4. The van der Waals surface area contributed by atoms with Gasteiger partial charge in [0.2, 0.25) is 0 Å². The second-order valence-corrected chi connectivity index (χ2v) is 12.5. The molecule has 0 radical (unpaired) electrons. The van der Waals surface area contributed by atoms with Crippen LogP contribution < -0.4 is 0 Å². The van der Waals surface area contributed by atoms with Crippen molar-refractivity contribution >= 4 is 11.9 Å². The Hall–Kier alpha value is -1.40. The molecule has 0 aromatic rings. The summed E-state index contributed by atoms with van der Waals surface area (Å²) in [5, 5.41) is 20.9. The van der Waals surface area contributed by atoms with Crippen molar-refractivity contribution in [3.8, 4) is 0 Å². The Balaban J connectivity index is 2.75. The number of likely N-dealkylation sites (tertiary alicyclic amines) is 2. The summed E-state index contributed by atoms with van der Waals surface area (Å²) >= 11 is 0. The van der Waals surface area contributed by atoms with Gasteiger partial charge in [-0.3, -0.25) is 14.6 Å². The molecular weight excluding hydrogens is 392 g/mol. The molecule has 0 atom stereocenters. The van der Waals surface area contributed by atoms with Crippen molar-refractivity contribution in [3.05, 3.63) is 12.2 Å². The largest absolute Gasteiger partial charge is 0.481 e. The number of carbonyl (C=O) groups is 2. The van der Waals surface area contributed by atoms with Gasteiger partial charge in [-0.2, -0.15) is 0 Å². The van der Waals surface area contributed by atoms with Gasteiger partial charge in [-0.05, 0) is 107 Å². The van der Waals surface area contributed by atoms with E-state index in [1.54, 1.807) is 0 Å². The van der Waals surface area contributed by atoms with E-state index in [4.69, 9.17) is 0 Å². The van der Waals surface area contributed by atoms with Gasteiger partial charge in [0.25, 0.3) is 0 Å². The molecule has 2 fully saturated rings. The smallest absolute Gasteiger partial charge is 0.332 e. The van der Waals surface area contributed by atoms with Gasteiger partial charge in [0, 0.05) is 27.7 Å². The Morgan fingerprint density at radius 2 is 1.00 bits per heavy atom. The zero-order chi connectivity index (χ0) is 24.4. The number of hydrogen-bond donors (Lipinski definition) is 2. The molecule has 6 heteroatoms. The minimum atomic E-state index is -1.52. The van der Waals surface area contributed by atoms with Gasteiger partial charge in [-0.15, -0.1) is 0 Å². The van der Waals surface area contributed by atoms with Crippen molar-refractivity contribution in [2.75, 3.05) is 14.1 Å². The zero-order valence-electron chi connectivity index (χ0n) is 21.3. The summed E-state index contributed by atoms with van der Waals surface area (Å²) in [4.78, 5) is 30.1. The average Bonchev–Trinajstić information content (AvgIpc) is 2.56. The van der Waals surface area contributed by atoms with E-state index in [2.05, 4.69) is 85.9 Å². The SMILES string of the molecule is C=C(C(=O)O)C(C(=O)O)(C1CC(C)(C)N(C)C(C)(C)C1)C1CC(C)(C)N(C)C(C)(C)C1. The van der Waals surface area contributed by atoms with Crippen LogP contribution in [0, 0.1) is 17.3 Å². The lowest BCUT2D eigenvalue weighted by molar-refractivity contribution is -0.171. The van der Waals surface area contributed by atoms with E-state index in [-0.39, 0.29) is 39.6 Å². The van der Waals surface area contributed by atoms with Crippen LogP contribution in [0.25, 0.3) is 0 Å². The Labute approximate surface area is 188 Å². The Kier molecular flexibility index (Phi) is 6.33. The van der Waals surface area contributed by atoms with Crippen LogP contribution in [0.3, 0.4) is 0 Å². The maximum atomic E-state index is 13.2. The summed E-state index contributed by atoms with van der Waals surface area (Å²) in [6.07, 6.45) is 2.44. The predicted molar refractivity (Wildman–Crippen MR) is 124 cm³/mol. The zero-order valence-corrected chi connectivity index (χ0v) is 21.3. The number of carboxylic acid groups (broad SMARTS) is 2. The maximum Gasteiger partial charge on any atom is 0.332 e. The molecule has 0 saturated carbocycles. The first-order valence-corrected chi connectivity index (χ1v) is 11.4. The summed E-state index contributed by atoms with van der Waals surface area (Å²) in [5.41, 5.74) is -2.73.